The molecule has 4 N–H and O–H groups in total. The lowest BCUT2D eigenvalue weighted by atomic mass is 9.92. The molecule has 0 radical (unpaired) electrons. The van der Waals surface area contributed by atoms with E-state index >= 15 is 0 Å². The van der Waals surface area contributed by atoms with Crippen LogP contribution in [0.4, 0.5) is 5.69 Å². The van der Waals surface area contributed by atoms with E-state index in [4.69, 9.17) is 15.6 Å². The van der Waals surface area contributed by atoms with Gasteiger partial charge in [-0.15, -0.1) is 0 Å². The zero-order valence-electron chi connectivity index (χ0n) is 12.0. The third-order valence-electron chi connectivity index (χ3n) is 3.93. The normalized spacial score (nSPS) is 16.4. The fourth-order valence-electron chi connectivity index (χ4n) is 2.87. The number of nitrogens with one attached hydrogen (secondary N) is 1. The SMILES string of the molecule is COc1ccc(C(=O)NC2(CC(=O)O)CCCC2)c(N)c1. The van der Waals surface area contributed by atoms with E-state index in [1.165, 1.54) is 7.11 Å². The molecule has 0 aliphatic heterocycles. The highest BCUT2D eigenvalue weighted by molar-refractivity contribution is 6.00. The van der Waals surface area contributed by atoms with Crippen molar-refractivity contribution in [2.75, 3.05) is 12.8 Å². The topological polar surface area (TPSA) is 102 Å². The van der Waals surface area contributed by atoms with Gasteiger partial charge >= 0.3 is 5.97 Å². The van der Waals surface area contributed by atoms with Crippen molar-refractivity contribution >= 4 is 17.6 Å². The summed E-state index contributed by atoms with van der Waals surface area (Å²) < 4.78 is 5.05. The van der Waals surface area contributed by atoms with Gasteiger partial charge in [-0.25, -0.2) is 0 Å². The van der Waals surface area contributed by atoms with Crippen LogP contribution in [0.15, 0.2) is 18.2 Å². The number of rotatable bonds is 5. The maximum absolute atomic E-state index is 12.4. The number of methoxy groups -OCH3 is 1. The number of anilines is 1. The molecule has 0 spiro atoms. The van der Waals surface area contributed by atoms with Crippen molar-refractivity contribution in [2.45, 2.75) is 37.6 Å². The second kappa shape index (κ2) is 6.03. The molecular formula is C15H20N2O4. The maximum atomic E-state index is 12.4. The minimum atomic E-state index is -0.903. The number of amides is 1. The second-order valence-corrected chi connectivity index (χ2v) is 5.47. The largest absolute Gasteiger partial charge is 0.497 e. The summed E-state index contributed by atoms with van der Waals surface area (Å²) >= 11 is 0. The number of benzene rings is 1. The van der Waals surface area contributed by atoms with Gasteiger partial charge in [-0.2, -0.15) is 0 Å². The summed E-state index contributed by atoms with van der Waals surface area (Å²) in [4.78, 5) is 23.4. The number of hydrogen-bond acceptors (Lipinski definition) is 4. The number of carbonyl (C=O) groups excluding carboxylic acids is 1. The zero-order chi connectivity index (χ0) is 15.5. The van der Waals surface area contributed by atoms with Crippen LogP contribution in [-0.4, -0.2) is 29.6 Å². The first kappa shape index (κ1) is 15.2. The van der Waals surface area contributed by atoms with Gasteiger partial charge in [0.15, 0.2) is 0 Å². The summed E-state index contributed by atoms with van der Waals surface area (Å²) in [7, 11) is 1.52. The van der Waals surface area contributed by atoms with Crippen LogP contribution >= 0.6 is 0 Å². The lowest BCUT2D eigenvalue weighted by Gasteiger charge is -2.29. The Morgan fingerprint density at radius 3 is 2.57 bits per heavy atom. The Hall–Kier alpha value is -2.24. The van der Waals surface area contributed by atoms with E-state index in [2.05, 4.69) is 5.32 Å². The molecule has 1 aromatic rings. The number of carboxylic acids is 1. The van der Waals surface area contributed by atoms with Gasteiger partial charge in [-0.3, -0.25) is 9.59 Å². The van der Waals surface area contributed by atoms with Crippen molar-refractivity contribution in [2.24, 2.45) is 0 Å². The van der Waals surface area contributed by atoms with E-state index in [9.17, 15) is 9.59 Å². The van der Waals surface area contributed by atoms with E-state index in [-0.39, 0.29) is 12.3 Å². The molecule has 0 heterocycles. The van der Waals surface area contributed by atoms with Gasteiger partial charge in [-0.05, 0) is 25.0 Å². The summed E-state index contributed by atoms with van der Waals surface area (Å²) in [6.45, 7) is 0. The molecule has 0 aromatic heterocycles. The summed E-state index contributed by atoms with van der Waals surface area (Å²) in [5, 5.41) is 11.9. The fourth-order valence-corrected chi connectivity index (χ4v) is 2.87. The van der Waals surface area contributed by atoms with Crippen LogP contribution in [0.2, 0.25) is 0 Å². The summed E-state index contributed by atoms with van der Waals surface area (Å²) in [5.74, 6) is -0.664. The van der Waals surface area contributed by atoms with Gasteiger partial charge < -0.3 is 20.9 Å². The number of carboxylic acid groups (broad SMARTS) is 1. The molecule has 6 heteroatoms. The molecular weight excluding hydrogens is 272 g/mol. The van der Waals surface area contributed by atoms with Gasteiger partial charge in [0.25, 0.3) is 5.91 Å². The molecule has 0 bridgehead atoms. The quantitative estimate of drug-likeness (QED) is 0.718. The number of nitrogens with two attached hydrogens (primary N) is 1. The molecule has 0 saturated heterocycles. The average molecular weight is 292 g/mol. The van der Waals surface area contributed by atoms with Crippen LogP contribution in [0.3, 0.4) is 0 Å². The van der Waals surface area contributed by atoms with Gasteiger partial charge in [0, 0.05) is 11.8 Å². The third kappa shape index (κ3) is 3.45. The van der Waals surface area contributed by atoms with E-state index in [0.717, 1.165) is 12.8 Å². The molecule has 1 amide bonds. The molecule has 1 aliphatic rings. The van der Waals surface area contributed by atoms with Crippen molar-refractivity contribution in [3.05, 3.63) is 23.8 Å². The first-order chi connectivity index (χ1) is 9.96. The first-order valence-electron chi connectivity index (χ1n) is 6.94. The second-order valence-electron chi connectivity index (χ2n) is 5.47. The predicted molar refractivity (Wildman–Crippen MR) is 78.3 cm³/mol. The zero-order valence-corrected chi connectivity index (χ0v) is 12.0. The Bertz CT molecular complexity index is 551. The van der Waals surface area contributed by atoms with Crippen LogP contribution in [-0.2, 0) is 4.79 Å². The lowest BCUT2D eigenvalue weighted by molar-refractivity contribution is -0.138. The predicted octanol–water partition coefficient (Wildman–Crippen LogP) is 1.79. The van der Waals surface area contributed by atoms with Crippen molar-refractivity contribution in [1.29, 1.82) is 0 Å². The standard InChI is InChI=1S/C15H20N2O4/c1-21-10-4-5-11(12(16)8-10)14(20)17-15(9-13(18)19)6-2-3-7-15/h4-5,8H,2-3,6-7,9,16H2,1H3,(H,17,20)(H,18,19). The Labute approximate surface area is 123 Å². The Morgan fingerprint density at radius 1 is 1.38 bits per heavy atom. The molecule has 0 atom stereocenters. The smallest absolute Gasteiger partial charge is 0.305 e. The Kier molecular flexibility index (Phi) is 4.35. The van der Waals surface area contributed by atoms with Crippen molar-refractivity contribution < 1.29 is 19.4 Å². The molecule has 1 aromatic carbocycles. The first-order valence-corrected chi connectivity index (χ1v) is 6.94. The molecule has 6 nitrogen and oxygen atoms in total. The van der Waals surface area contributed by atoms with Crippen LogP contribution in [0.25, 0.3) is 0 Å². The molecule has 1 fully saturated rings. The van der Waals surface area contributed by atoms with E-state index in [0.29, 0.717) is 29.8 Å². The van der Waals surface area contributed by atoms with Gasteiger partial charge in [0.05, 0.1) is 24.6 Å². The van der Waals surface area contributed by atoms with E-state index < -0.39 is 11.5 Å². The van der Waals surface area contributed by atoms with Crippen LogP contribution in [0.1, 0.15) is 42.5 Å². The third-order valence-corrected chi connectivity index (χ3v) is 3.93. The van der Waals surface area contributed by atoms with Crippen LogP contribution in [0.5, 0.6) is 5.75 Å². The average Bonchev–Trinajstić information content (AvgIpc) is 2.85. The summed E-state index contributed by atoms with van der Waals surface area (Å²) in [5.41, 5.74) is 5.86. The van der Waals surface area contributed by atoms with E-state index in [1.807, 2.05) is 0 Å². The van der Waals surface area contributed by atoms with Gasteiger partial charge in [0.2, 0.25) is 0 Å². The monoisotopic (exact) mass is 292 g/mol. The highest BCUT2D eigenvalue weighted by Gasteiger charge is 2.37. The molecule has 1 aliphatic carbocycles. The fraction of sp³-hybridized carbons (Fsp3) is 0.467. The van der Waals surface area contributed by atoms with Crippen molar-refractivity contribution in [1.82, 2.24) is 5.32 Å². The van der Waals surface area contributed by atoms with Crippen LogP contribution in [0, 0.1) is 0 Å². The highest BCUT2D eigenvalue weighted by Crippen LogP contribution is 2.33. The lowest BCUT2D eigenvalue weighted by Crippen LogP contribution is -2.47. The molecule has 1 saturated carbocycles. The van der Waals surface area contributed by atoms with E-state index in [1.54, 1.807) is 18.2 Å². The number of aliphatic carboxylic acids is 1. The molecule has 2 rings (SSSR count). The minimum Gasteiger partial charge on any atom is -0.497 e. The van der Waals surface area contributed by atoms with Crippen molar-refractivity contribution in [3.8, 4) is 5.75 Å². The van der Waals surface area contributed by atoms with Gasteiger partial charge in [0.1, 0.15) is 5.75 Å². The summed E-state index contributed by atoms with van der Waals surface area (Å²) in [6.07, 6.45) is 3.15. The molecule has 21 heavy (non-hydrogen) atoms. The number of hydrogen-bond donors (Lipinski definition) is 3. The van der Waals surface area contributed by atoms with Gasteiger partial charge in [-0.1, -0.05) is 12.8 Å². The highest BCUT2D eigenvalue weighted by atomic mass is 16.5. The number of ether oxygens (including phenoxy) is 1. The molecule has 114 valence electrons. The summed E-state index contributed by atoms with van der Waals surface area (Å²) in [6, 6.07) is 4.82. The Morgan fingerprint density at radius 2 is 2.05 bits per heavy atom. The number of carbonyl (C=O) groups is 2. The van der Waals surface area contributed by atoms with Crippen LogP contribution < -0.4 is 15.8 Å². The molecule has 0 unspecified atom stereocenters. The Balaban J connectivity index is 2.17. The maximum Gasteiger partial charge on any atom is 0.305 e. The number of nitrogen functional groups attached to an aromatic ring is 1. The minimum absolute atomic E-state index is 0.0607. The van der Waals surface area contributed by atoms with Crippen molar-refractivity contribution in [3.63, 3.8) is 0 Å².